The summed E-state index contributed by atoms with van der Waals surface area (Å²) in [5.74, 6) is 0.748. The Morgan fingerprint density at radius 2 is 2.00 bits per heavy atom. The lowest BCUT2D eigenvalue weighted by molar-refractivity contribution is 0.276. The summed E-state index contributed by atoms with van der Waals surface area (Å²) in [6.07, 6.45) is 0. The Morgan fingerprint density at radius 1 is 1.33 bits per heavy atom. The molecular weight excluding hydrogens is 294 g/mol. The number of hydrogen-bond acceptors (Lipinski definition) is 3. The first-order chi connectivity index (χ1) is 8.61. The van der Waals surface area contributed by atoms with E-state index in [0.717, 1.165) is 27.2 Å². The Kier molecular flexibility index (Phi) is 4.04. The standard InChI is InChI=1S/C13H16BrN3O/c1-9-12(7-15)13(17(2)16-9)18-8-10-3-5-11(14)6-4-10/h3-6H,7-8,15H2,1-2H3. The van der Waals surface area contributed by atoms with Crippen LogP contribution < -0.4 is 10.5 Å². The van der Waals surface area contributed by atoms with Gasteiger partial charge in [0.2, 0.25) is 5.88 Å². The molecule has 1 heterocycles. The maximum Gasteiger partial charge on any atom is 0.216 e. The van der Waals surface area contributed by atoms with Gasteiger partial charge in [-0.2, -0.15) is 5.10 Å². The fourth-order valence-corrected chi connectivity index (χ4v) is 2.09. The van der Waals surface area contributed by atoms with Crippen LogP contribution in [0.15, 0.2) is 28.7 Å². The summed E-state index contributed by atoms with van der Waals surface area (Å²) in [6.45, 7) is 2.89. The molecule has 5 heteroatoms. The smallest absolute Gasteiger partial charge is 0.216 e. The van der Waals surface area contributed by atoms with Crippen LogP contribution in [-0.2, 0) is 20.2 Å². The van der Waals surface area contributed by atoms with Crippen LogP contribution in [0.25, 0.3) is 0 Å². The first-order valence-electron chi connectivity index (χ1n) is 5.71. The summed E-state index contributed by atoms with van der Waals surface area (Å²) in [4.78, 5) is 0. The summed E-state index contributed by atoms with van der Waals surface area (Å²) in [6, 6.07) is 8.04. The Hall–Kier alpha value is -1.33. The minimum atomic E-state index is 0.440. The zero-order chi connectivity index (χ0) is 13.1. The number of aryl methyl sites for hydroxylation is 2. The first-order valence-corrected chi connectivity index (χ1v) is 6.51. The third-order valence-electron chi connectivity index (χ3n) is 2.78. The second-order valence-corrected chi connectivity index (χ2v) is 5.03. The summed E-state index contributed by atoms with van der Waals surface area (Å²) < 4.78 is 8.60. The molecule has 0 atom stereocenters. The van der Waals surface area contributed by atoms with Crippen molar-refractivity contribution in [3.63, 3.8) is 0 Å². The summed E-state index contributed by atoms with van der Waals surface area (Å²) in [5, 5.41) is 4.31. The molecule has 0 unspecified atom stereocenters. The van der Waals surface area contributed by atoms with E-state index in [4.69, 9.17) is 10.5 Å². The Morgan fingerprint density at radius 3 is 2.61 bits per heavy atom. The molecule has 2 rings (SSSR count). The molecule has 2 aromatic rings. The van der Waals surface area contributed by atoms with Crippen molar-refractivity contribution < 1.29 is 4.74 Å². The van der Waals surface area contributed by atoms with E-state index >= 15 is 0 Å². The Balaban J connectivity index is 2.12. The maximum atomic E-state index is 5.81. The summed E-state index contributed by atoms with van der Waals surface area (Å²) >= 11 is 3.41. The van der Waals surface area contributed by atoms with E-state index < -0.39 is 0 Å². The van der Waals surface area contributed by atoms with Crippen molar-refractivity contribution in [2.45, 2.75) is 20.1 Å². The van der Waals surface area contributed by atoms with E-state index in [0.29, 0.717) is 13.2 Å². The van der Waals surface area contributed by atoms with E-state index in [1.165, 1.54) is 0 Å². The number of ether oxygens (including phenoxy) is 1. The van der Waals surface area contributed by atoms with Crippen LogP contribution in [0.5, 0.6) is 5.88 Å². The van der Waals surface area contributed by atoms with Crippen molar-refractivity contribution in [1.29, 1.82) is 0 Å². The number of halogens is 1. The molecule has 0 spiro atoms. The molecule has 0 aliphatic heterocycles. The van der Waals surface area contributed by atoms with Gasteiger partial charge < -0.3 is 10.5 Å². The first kappa shape index (κ1) is 13.1. The molecule has 0 fully saturated rings. The highest BCUT2D eigenvalue weighted by Crippen LogP contribution is 2.22. The fraction of sp³-hybridized carbons (Fsp3) is 0.308. The van der Waals surface area contributed by atoms with Crippen LogP contribution in [0.2, 0.25) is 0 Å². The van der Waals surface area contributed by atoms with Gasteiger partial charge in [-0.15, -0.1) is 0 Å². The molecule has 1 aromatic heterocycles. The quantitative estimate of drug-likeness (QED) is 0.944. The number of benzene rings is 1. The van der Waals surface area contributed by atoms with E-state index in [-0.39, 0.29) is 0 Å². The highest BCUT2D eigenvalue weighted by molar-refractivity contribution is 9.10. The average Bonchev–Trinajstić information content (AvgIpc) is 2.62. The van der Waals surface area contributed by atoms with Crippen molar-refractivity contribution in [2.24, 2.45) is 12.8 Å². The molecule has 0 amide bonds. The maximum absolute atomic E-state index is 5.81. The van der Waals surface area contributed by atoms with Crippen molar-refractivity contribution in [3.05, 3.63) is 45.6 Å². The molecule has 1 aromatic carbocycles. The van der Waals surface area contributed by atoms with Gasteiger partial charge >= 0.3 is 0 Å². The molecule has 0 radical (unpaired) electrons. The van der Waals surface area contributed by atoms with Gasteiger partial charge in [0.15, 0.2) is 0 Å². The average molecular weight is 310 g/mol. The van der Waals surface area contributed by atoms with Crippen molar-refractivity contribution >= 4 is 15.9 Å². The van der Waals surface area contributed by atoms with Gasteiger partial charge in [0.25, 0.3) is 0 Å². The lowest BCUT2D eigenvalue weighted by Crippen LogP contribution is -2.05. The van der Waals surface area contributed by atoms with Gasteiger partial charge in [0.1, 0.15) is 6.61 Å². The zero-order valence-electron chi connectivity index (χ0n) is 10.5. The van der Waals surface area contributed by atoms with Crippen LogP contribution in [0.1, 0.15) is 16.8 Å². The number of nitrogens with two attached hydrogens (primary N) is 1. The van der Waals surface area contributed by atoms with Crippen molar-refractivity contribution in [2.75, 3.05) is 0 Å². The molecule has 18 heavy (non-hydrogen) atoms. The Labute approximate surface area is 115 Å². The monoisotopic (exact) mass is 309 g/mol. The minimum absolute atomic E-state index is 0.440. The van der Waals surface area contributed by atoms with E-state index in [9.17, 15) is 0 Å². The highest BCUT2D eigenvalue weighted by atomic mass is 79.9. The van der Waals surface area contributed by atoms with Crippen molar-refractivity contribution in [3.8, 4) is 5.88 Å². The second-order valence-electron chi connectivity index (χ2n) is 4.11. The lowest BCUT2D eigenvalue weighted by atomic mass is 10.2. The van der Waals surface area contributed by atoms with Crippen LogP contribution >= 0.6 is 15.9 Å². The number of hydrogen-bond donors (Lipinski definition) is 1. The van der Waals surface area contributed by atoms with E-state index in [1.807, 2.05) is 38.2 Å². The Bertz CT molecular complexity index is 534. The SMILES string of the molecule is Cc1nn(C)c(OCc2ccc(Br)cc2)c1CN. The van der Waals surface area contributed by atoms with Crippen LogP contribution in [0.4, 0.5) is 0 Å². The molecule has 2 N–H and O–H groups in total. The molecule has 0 saturated carbocycles. The lowest BCUT2D eigenvalue weighted by Gasteiger charge is -2.08. The largest absolute Gasteiger partial charge is 0.473 e. The topological polar surface area (TPSA) is 53.1 Å². The molecule has 0 bridgehead atoms. The van der Waals surface area contributed by atoms with E-state index in [2.05, 4.69) is 21.0 Å². The van der Waals surface area contributed by atoms with Crippen LogP contribution in [0, 0.1) is 6.92 Å². The fourth-order valence-electron chi connectivity index (χ4n) is 1.83. The summed E-state index contributed by atoms with van der Waals surface area (Å²) in [5.41, 5.74) is 8.71. The zero-order valence-corrected chi connectivity index (χ0v) is 12.1. The number of rotatable bonds is 4. The van der Waals surface area contributed by atoms with Gasteiger partial charge in [-0.1, -0.05) is 28.1 Å². The van der Waals surface area contributed by atoms with Gasteiger partial charge in [0.05, 0.1) is 11.3 Å². The molecule has 4 nitrogen and oxygen atoms in total. The van der Waals surface area contributed by atoms with Crippen LogP contribution in [0.3, 0.4) is 0 Å². The molecule has 0 aliphatic rings. The number of nitrogens with zero attached hydrogens (tertiary/aromatic N) is 2. The summed E-state index contributed by atoms with van der Waals surface area (Å²) in [7, 11) is 1.86. The molecule has 96 valence electrons. The minimum Gasteiger partial charge on any atom is -0.473 e. The molecule has 0 aliphatic carbocycles. The van der Waals surface area contributed by atoms with Gasteiger partial charge in [-0.05, 0) is 24.6 Å². The van der Waals surface area contributed by atoms with E-state index in [1.54, 1.807) is 4.68 Å². The van der Waals surface area contributed by atoms with Gasteiger partial charge in [0, 0.05) is 18.1 Å². The predicted molar refractivity (Wildman–Crippen MR) is 74.3 cm³/mol. The predicted octanol–water partition coefficient (Wildman–Crippen LogP) is 2.53. The third-order valence-corrected chi connectivity index (χ3v) is 3.31. The van der Waals surface area contributed by atoms with Crippen molar-refractivity contribution in [1.82, 2.24) is 9.78 Å². The second kappa shape index (κ2) is 5.54. The third kappa shape index (κ3) is 2.73. The highest BCUT2D eigenvalue weighted by Gasteiger charge is 2.12. The van der Waals surface area contributed by atoms with Crippen LogP contribution in [-0.4, -0.2) is 9.78 Å². The van der Waals surface area contributed by atoms with Gasteiger partial charge in [-0.25, -0.2) is 4.68 Å². The number of aromatic nitrogens is 2. The molecule has 0 saturated heterocycles. The van der Waals surface area contributed by atoms with Gasteiger partial charge in [-0.3, -0.25) is 0 Å². The normalized spacial score (nSPS) is 10.7. The molecular formula is C13H16BrN3O.